The van der Waals surface area contributed by atoms with Crippen LogP contribution in [0.2, 0.25) is 0 Å². The Morgan fingerprint density at radius 3 is 2.78 bits per heavy atom. The number of nitrogens with two attached hydrogens (primary N) is 1. The Morgan fingerprint density at radius 2 is 2.09 bits per heavy atom. The molecule has 1 amide bonds. The summed E-state index contributed by atoms with van der Waals surface area (Å²) >= 11 is 1.48. The number of aryl methyl sites for hydroxylation is 1. The molecule has 23 heavy (non-hydrogen) atoms. The molecule has 0 spiro atoms. The van der Waals surface area contributed by atoms with Gasteiger partial charge in [-0.2, -0.15) is 0 Å². The van der Waals surface area contributed by atoms with Crippen molar-refractivity contribution in [3.63, 3.8) is 0 Å². The molecule has 122 valence electrons. The molecule has 2 atom stereocenters. The molecule has 1 aliphatic rings. The first-order valence-electron chi connectivity index (χ1n) is 8.17. The van der Waals surface area contributed by atoms with E-state index in [1.807, 2.05) is 42.2 Å². The highest BCUT2D eigenvalue weighted by molar-refractivity contribution is 7.14. The second-order valence-electron chi connectivity index (χ2n) is 6.16. The van der Waals surface area contributed by atoms with Crippen LogP contribution in [0, 0.1) is 6.92 Å². The van der Waals surface area contributed by atoms with Gasteiger partial charge in [0.15, 0.2) is 0 Å². The maximum absolute atomic E-state index is 13.2. The predicted octanol–water partition coefficient (Wildman–Crippen LogP) is 3.46. The van der Waals surface area contributed by atoms with E-state index in [4.69, 9.17) is 5.73 Å². The molecule has 3 rings (SSSR count). The molecule has 0 bridgehead atoms. The highest BCUT2D eigenvalue weighted by atomic mass is 32.1. The monoisotopic (exact) mass is 329 g/mol. The summed E-state index contributed by atoms with van der Waals surface area (Å²) < 4.78 is 0. The Balaban J connectivity index is 1.99. The smallest absolute Gasteiger partial charge is 0.266 e. The van der Waals surface area contributed by atoms with E-state index >= 15 is 0 Å². The maximum atomic E-state index is 13.2. The molecule has 2 N–H and O–H groups in total. The number of piperidine rings is 1. The predicted molar refractivity (Wildman–Crippen MR) is 94.6 cm³/mol. The number of carbonyl (C=O) groups is 1. The number of thiazole rings is 1. The number of likely N-dealkylation sites (tertiary alicyclic amines) is 1. The number of rotatable bonds is 3. The van der Waals surface area contributed by atoms with Crippen LogP contribution in [0.25, 0.3) is 11.3 Å². The third kappa shape index (κ3) is 3.16. The Labute approximate surface area is 141 Å². The van der Waals surface area contributed by atoms with Crippen LogP contribution in [0.5, 0.6) is 0 Å². The van der Waals surface area contributed by atoms with E-state index in [-0.39, 0.29) is 18.0 Å². The van der Waals surface area contributed by atoms with Crippen molar-refractivity contribution in [2.24, 2.45) is 5.73 Å². The number of carbonyl (C=O) groups excluding carboxylic acids is 1. The van der Waals surface area contributed by atoms with Gasteiger partial charge >= 0.3 is 0 Å². The lowest BCUT2D eigenvalue weighted by Crippen LogP contribution is -2.51. The average Bonchev–Trinajstić information content (AvgIpc) is 2.96. The van der Waals surface area contributed by atoms with Crippen molar-refractivity contribution in [1.29, 1.82) is 0 Å². The average molecular weight is 329 g/mol. The van der Waals surface area contributed by atoms with Crippen LogP contribution in [-0.4, -0.2) is 34.4 Å². The molecule has 0 aliphatic carbocycles. The highest BCUT2D eigenvalue weighted by Crippen LogP contribution is 2.32. The van der Waals surface area contributed by atoms with Crippen molar-refractivity contribution in [2.75, 3.05) is 6.54 Å². The van der Waals surface area contributed by atoms with Gasteiger partial charge in [0.1, 0.15) is 4.88 Å². The van der Waals surface area contributed by atoms with Gasteiger partial charge in [-0.05, 0) is 33.1 Å². The summed E-state index contributed by atoms with van der Waals surface area (Å²) in [4.78, 5) is 20.6. The summed E-state index contributed by atoms with van der Waals surface area (Å²) in [5.74, 6) is 0.0807. The minimum Gasteiger partial charge on any atom is -0.331 e. The molecule has 1 saturated heterocycles. The first-order valence-corrected chi connectivity index (χ1v) is 8.99. The van der Waals surface area contributed by atoms with Crippen molar-refractivity contribution in [1.82, 2.24) is 9.88 Å². The van der Waals surface area contributed by atoms with Crippen LogP contribution in [-0.2, 0) is 0 Å². The van der Waals surface area contributed by atoms with Gasteiger partial charge in [-0.1, -0.05) is 30.3 Å². The van der Waals surface area contributed by atoms with Gasteiger partial charge in [-0.3, -0.25) is 4.79 Å². The van der Waals surface area contributed by atoms with Crippen LogP contribution in [0.15, 0.2) is 30.3 Å². The van der Waals surface area contributed by atoms with Crippen LogP contribution in [0.1, 0.15) is 40.9 Å². The molecule has 1 aromatic heterocycles. The lowest BCUT2D eigenvalue weighted by atomic mass is 9.96. The number of benzene rings is 1. The topological polar surface area (TPSA) is 59.2 Å². The van der Waals surface area contributed by atoms with Crippen LogP contribution >= 0.6 is 11.3 Å². The summed E-state index contributed by atoms with van der Waals surface area (Å²) in [7, 11) is 0. The summed E-state index contributed by atoms with van der Waals surface area (Å²) in [6, 6.07) is 10.3. The molecule has 0 saturated carbocycles. The van der Waals surface area contributed by atoms with E-state index in [0.717, 1.165) is 40.4 Å². The van der Waals surface area contributed by atoms with E-state index in [9.17, 15) is 4.79 Å². The minimum absolute atomic E-state index is 0.0807. The minimum atomic E-state index is 0.0807. The zero-order chi connectivity index (χ0) is 16.4. The van der Waals surface area contributed by atoms with Crippen molar-refractivity contribution < 1.29 is 4.79 Å². The van der Waals surface area contributed by atoms with Gasteiger partial charge < -0.3 is 10.6 Å². The standard InChI is InChI=1S/C18H23N3OS/c1-12-7-6-10-15(11-19)21(12)18(22)17-16(20-13(2)23-17)14-8-4-3-5-9-14/h3-5,8-9,12,15H,6-7,10-11,19H2,1-2H3. The van der Waals surface area contributed by atoms with Crippen molar-refractivity contribution >= 4 is 17.2 Å². The van der Waals surface area contributed by atoms with Crippen LogP contribution in [0.3, 0.4) is 0 Å². The molecule has 5 heteroatoms. The van der Waals surface area contributed by atoms with Crippen molar-refractivity contribution in [3.8, 4) is 11.3 Å². The molecule has 1 aliphatic heterocycles. The zero-order valence-electron chi connectivity index (χ0n) is 13.7. The zero-order valence-corrected chi connectivity index (χ0v) is 14.5. The van der Waals surface area contributed by atoms with Gasteiger partial charge in [-0.15, -0.1) is 11.3 Å². The van der Waals surface area contributed by atoms with Gasteiger partial charge in [0.05, 0.1) is 10.7 Å². The van der Waals surface area contributed by atoms with E-state index in [1.54, 1.807) is 0 Å². The second-order valence-corrected chi connectivity index (χ2v) is 7.36. The van der Waals surface area contributed by atoms with Crippen LogP contribution in [0.4, 0.5) is 0 Å². The first-order chi connectivity index (χ1) is 11.1. The Morgan fingerprint density at radius 1 is 1.35 bits per heavy atom. The van der Waals surface area contributed by atoms with Crippen LogP contribution < -0.4 is 5.73 Å². The van der Waals surface area contributed by atoms with Crippen molar-refractivity contribution in [2.45, 2.75) is 45.2 Å². The molecular formula is C18H23N3OS. The van der Waals surface area contributed by atoms with E-state index < -0.39 is 0 Å². The lowest BCUT2D eigenvalue weighted by molar-refractivity contribution is 0.0500. The first kappa shape index (κ1) is 16.1. The fourth-order valence-corrected chi connectivity index (χ4v) is 4.25. The number of amides is 1. The number of aromatic nitrogens is 1. The Kier molecular flexibility index (Phi) is 4.78. The van der Waals surface area contributed by atoms with E-state index in [1.165, 1.54) is 11.3 Å². The number of hydrogen-bond donors (Lipinski definition) is 1. The van der Waals surface area contributed by atoms with E-state index in [2.05, 4.69) is 11.9 Å². The lowest BCUT2D eigenvalue weighted by Gasteiger charge is -2.40. The Hall–Kier alpha value is -1.72. The molecule has 0 radical (unpaired) electrons. The normalized spacial score (nSPS) is 21.4. The molecule has 1 aromatic carbocycles. The molecule has 2 unspecified atom stereocenters. The van der Waals surface area contributed by atoms with Gasteiger partial charge in [-0.25, -0.2) is 4.98 Å². The quantitative estimate of drug-likeness (QED) is 0.938. The number of nitrogens with zero attached hydrogens (tertiary/aromatic N) is 2. The number of hydrogen-bond acceptors (Lipinski definition) is 4. The fourth-order valence-electron chi connectivity index (χ4n) is 3.37. The fraction of sp³-hybridized carbons (Fsp3) is 0.444. The highest BCUT2D eigenvalue weighted by Gasteiger charge is 2.33. The maximum Gasteiger partial charge on any atom is 0.266 e. The Bertz CT molecular complexity index is 683. The van der Waals surface area contributed by atoms with Gasteiger partial charge in [0, 0.05) is 24.2 Å². The van der Waals surface area contributed by atoms with E-state index in [0.29, 0.717) is 6.54 Å². The van der Waals surface area contributed by atoms with Gasteiger partial charge in [0.2, 0.25) is 0 Å². The van der Waals surface area contributed by atoms with Crippen molar-refractivity contribution in [3.05, 3.63) is 40.2 Å². The molecule has 2 heterocycles. The van der Waals surface area contributed by atoms with Gasteiger partial charge in [0.25, 0.3) is 5.91 Å². The molecular weight excluding hydrogens is 306 g/mol. The second kappa shape index (κ2) is 6.81. The SMILES string of the molecule is Cc1nc(-c2ccccc2)c(C(=O)N2C(C)CCCC2CN)s1. The summed E-state index contributed by atoms with van der Waals surface area (Å²) in [6.07, 6.45) is 3.17. The molecule has 1 fully saturated rings. The summed E-state index contributed by atoms with van der Waals surface area (Å²) in [5.41, 5.74) is 7.71. The third-order valence-electron chi connectivity index (χ3n) is 4.51. The third-order valence-corrected chi connectivity index (χ3v) is 5.47. The summed E-state index contributed by atoms with van der Waals surface area (Å²) in [6.45, 7) is 4.60. The molecule has 4 nitrogen and oxygen atoms in total. The summed E-state index contributed by atoms with van der Waals surface area (Å²) in [5, 5.41) is 0.918. The largest absolute Gasteiger partial charge is 0.331 e. The molecule has 2 aromatic rings.